The second-order valence-electron chi connectivity index (χ2n) is 5.91. The molecule has 0 radical (unpaired) electrons. The molecule has 3 rings (SSSR count). The van der Waals surface area contributed by atoms with Crippen LogP contribution < -0.4 is 14.8 Å². The van der Waals surface area contributed by atoms with E-state index in [1.165, 1.54) is 0 Å². The van der Waals surface area contributed by atoms with Crippen LogP contribution in [0.25, 0.3) is 11.0 Å². The fourth-order valence-corrected chi connectivity index (χ4v) is 2.88. The zero-order valence-electron chi connectivity index (χ0n) is 15.3. The van der Waals surface area contributed by atoms with Crippen LogP contribution in [-0.2, 0) is 6.54 Å². The van der Waals surface area contributed by atoms with Gasteiger partial charge in [0.1, 0.15) is 17.0 Å². The number of fused-ring (bicyclic) bond motifs is 1. The van der Waals surface area contributed by atoms with Crippen LogP contribution in [0.15, 0.2) is 36.4 Å². The minimum Gasteiger partial charge on any atom is -0.497 e. The molecule has 2 aromatic carbocycles. The summed E-state index contributed by atoms with van der Waals surface area (Å²) in [6.07, 6.45) is 0. The molecule has 0 aliphatic carbocycles. The monoisotopic (exact) mass is 354 g/mol. The van der Waals surface area contributed by atoms with Gasteiger partial charge in [0.05, 0.1) is 25.8 Å². The van der Waals surface area contributed by atoms with Crippen molar-refractivity contribution in [2.24, 2.45) is 0 Å². The number of carbonyl (C=O) groups excluding carboxylic acids is 1. The maximum atomic E-state index is 12.7. The van der Waals surface area contributed by atoms with Crippen molar-refractivity contribution in [3.05, 3.63) is 47.5 Å². The topological polar surface area (TPSA) is 78.3 Å². The number of hydrogen-bond donors (Lipinski definition) is 1. The summed E-state index contributed by atoms with van der Waals surface area (Å²) in [6.45, 7) is 4.63. The molecule has 3 aromatic rings. The Morgan fingerprint density at radius 2 is 2.00 bits per heavy atom. The number of rotatable bonds is 6. The van der Waals surface area contributed by atoms with Gasteiger partial charge < -0.3 is 14.8 Å². The van der Waals surface area contributed by atoms with Crippen molar-refractivity contribution in [2.75, 3.05) is 14.2 Å². The van der Waals surface area contributed by atoms with Gasteiger partial charge in [-0.25, -0.2) is 4.68 Å². The number of aromatic nitrogens is 3. The summed E-state index contributed by atoms with van der Waals surface area (Å²) in [6, 6.07) is 10.6. The molecule has 1 amide bonds. The molecule has 0 aliphatic heterocycles. The molecule has 0 bridgehead atoms. The van der Waals surface area contributed by atoms with Gasteiger partial charge in [0.25, 0.3) is 5.91 Å². The Balaban J connectivity index is 1.83. The SMILES string of the molecule is CCn1nnc2cc(C(=O)NC(C)c3cc(OC)ccc3OC)ccc21. The van der Waals surface area contributed by atoms with E-state index in [9.17, 15) is 4.79 Å². The predicted octanol–water partition coefficient (Wildman–Crippen LogP) is 2.96. The number of hydrogen-bond acceptors (Lipinski definition) is 5. The van der Waals surface area contributed by atoms with Gasteiger partial charge in [0.15, 0.2) is 0 Å². The van der Waals surface area contributed by atoms with Gasteiger partial charge in [0.2, 0.25) is 0 Å². The number of carbonyl (C=O) groups is 1. The third kappa shape index (κ3) is 3.33. The maximum absolute atomic E-state index is 12.7. The summed E-state index contributed by atoms with van der Waals surface area (Å²) < 4.78 is 12.5. The molecule has 1 aromatic heterocycles. The minimum absolute atomic E-state index is 0.185. The highest BCUT2D eigenvalue weighted by Gasteiger charge is 2.17. The number of benzene rings is 2. The molecule has 136 valence electrons. The Hall–Kier alpha value is -3.09. The van der Waals surface area contributed by atoms with E-state index < -0.39 is 0 Å². The number of ether oxygens (including phenoxy) is 2. The summed E-state index contributed by atoms with van der Waals surface area (Å²) in [7, 11) is 3.21. The van der Waals surface area contributed by atoms with Gasteiger partial charge in [-0.3, -0.25) is 4.79 Å². The van der Waals surface area contributed by atoms with E-state index in [0.29, 0.717) is 22.6 Å². The average Bonchev–Trinajstić information content (AvgIpc) is 3.09. The first-order chi connectivity index (χ1) is 12.6. The van der Waals surface area contributed by atoms with Gasteiger partial charge in [-0.15, -0.1) is 5.10 Å². The summed E-state index contributed by atoms with van der Waals surface area (Å²) in [4.78, 5) is 12.7. The van der Waals surface area contributed by atoms with Gasteiger partial charge in [-0.2, -0.15) is 0 Å². The Bertz CT molecular complexity index is 936. The lowest BCUT2D eigenvalue weighted by molar-refractivity contribution is 0.0939. The normalized spacial score (nSPS) is 12.0. The molecule has 7 heteroatoms. The van der Waals surface area contributed by atoms with Crippen LogP contribution in [0.2, 0.25) is 0 Å². The standard InChI is InChI=1S/C19H22N4O3/c1-5-23-17-8-6-13(10-16(17)21-22-23)19(24)20-12(2)15-11-14(25-3)7-9-18(15)26-4/h6-12H,5H2,1-4H3,(H,20,24). The van der Waals surface area contributed by atoms with Crippen molar-refractivity contribution >= 4 is 16.9 Å². The first kappa shape index (κ1) is 17.7. The molecule has 1 heterocycles. The van der Waals surface area contributed by atoms with Crippen LogP contribution in [0.3, 0.4) is 0 Å². The summed E-state index contributed by atoms with van der Waals surface area (Å²) in [5, 5.41) is 11.2. The van der Waals surface area contributed by atoms with Crippen LogP contribution in [0.1, 0.15) is 35.8 Å². The quantitative estimate of drug-likeness (QED) is 0.736. The van der Waals surface area contributed by atoms with Gasteiger partial charge in [0, 0.05) is 17.7 Å². The molecule has 7 nitrogen and oxygen atoms in total. The van der Waals surface area contributed by atoms with E-state index in [-0.39, 0.29) is 11.9 Å². The van der Waals surface area contributed by atoms with Crippen LogP contribution in [0.5, 0.6) is 11.5 Å². The molecule has 0 saturated heterocycles. The lowest BCUT2D eigenvalue weighted by atomic mass is 10.1. The first-order valence-electron chi connectivity index (χ1n) is 8.43. The fraction of sp³-hybridized carbons (Fsp3) is 0.316. The Kier molecular flexibility index (Phi) is 5.06. The van der Waals surface area contributed by atoms with Crippen molar-refractivity contribution < 1.29 is 14.3 Å². The Labute approximate surface area is 151 Å². The van der Waals surface area contributed by atoms with Crippen LogP contribution in [-0.4, -0.2) is 35.1 Å². The van der Waals surface area contributed by atoms with Crippen molar-refractivity contribution in [3.8, 4) is 11.5 Å². The molecule has 1 unspecified atom stereocenters. The molecule has 0 spiro atoms. The predicted molar refractivity (Wildman–Crippen MR) is 98.6 cm³/mol. The molecule has 0 fully saturated rings. The second-order valence-corrected chi connectivity index (χ2v) is 5.91. The molecule has 26 heavy (non-hydrogen) atoms. The van der Waals surface area contributed by atoms with Crippen LogP contribution in [0.4, 0.5) is 0 Å². The van der Waals surface area contributed by atoms with E-state index in [1.54, 1.807) is 31.0 Å². The Morgan fingerprint density at radius 3 is 2.69 bits per heavy atom. The summed E-state index contributed by atoms with van der Waals surface area (Å²) in [5.74, 6) is 1.22. The van der Waals surface area contributed by atoms with Crippen LogP contribution >= 0.6 is 0 Å². The Morgan fingerprint density at radius 1 is 1.19 bits per heavy atom. The highest BCUT2D eigenvalue weighted by atomic mass is 16.5. The summed E-state index contributed by atoms with van der Waals surface area (Å²) in [5.41, 5.74) is 2.99. The fourth-order valence-electron chi connectivity index (χ4n) is 2.88. The third-order valence-electron chi connectivity index (χ3n) is 4.33. The third-order valence-corrected chi connectivity index (χ3v) is 4.33. The van der Waals surface area contributed by atoms with Crippen molar-refractivity contribution in [1.29, 1.82) is 0 Å². The van der Waals surface area contributed by atoms with Crippen molar-refractivity contribution in [1.82, 2.24) is 20.3 Å². The molecular formula is C19H22N4O3. The van der Waals surface area contributed by atoms with E-state index in [0.717, 1.165) is 17.6 Å². The van der Waals surface area contributed by atoms with Gasteiger partial charge in [-0.1, -0.05) is 5.21 Å². The average molecular weight is 354 g/mol. The lowest BCUT2D eigenvalue weighted by Gasteiger charge is -2.18. The highest BCUT2D eigenvalue weighted by molar-refractivity contribution is 5.97. The molecule has 1 atom stereocenters. The largest absolute Gasteiger partial charge is 0.497 e. The minimum atomic E-state index is -0.255. The molecule has 1 N–H and O–H groups in total. The maximum Gasteiger partial charge on any atom is 0.251 e. The van der Waals surface area contributed by atoms with E-state index >= 15 is 0 Å². The zero-order valence-corrected chi connectivity index (χ0v) is 15.3. The van der Waals surface area contributed by atoms with E-state index in [1.807, 2.05) is 38.1 Å². The van der Waals surface area contributed by atoms with Crippen LogP contribution in [0, 0.1) is 0 Å². The zero-order chi connectivity index (χ0) is 18.7. The number of aryl methyl sites for hydroxylation is 1. The molecule has 0 saturated carbocycles. The van der Waals surface area contributed by atoms with Gasteiger partial charge in [-0.05, 0) is 50.2 Å². The molecule has 0 aliphatic rings. The molecular weight excluding hydrogens is 332 g/mol. The highest BCUT2D eigenvalue weighted by Crippen LogP contribution is 2.29. The number of amides is 1. The van der Waals surface area contributed by atoms with E-state index in [2.05, 4.69) is 15.6 Å². The van der Waals surface area contributed by atoms with Gasteiger partial charge >= 0.3 is 0 Å². The van der Waals surface area contributed by atoms with E-state index in [4.69, 9.17) is 9.47 Å². The first-order valence-corrected chi connectivity index (χ1v) is 8.43. The van der Waals surface area contributed by atoms with Crippen molar-refractivity contribution in [2.45, 2.75) is 26.4 Å². The lowest BCUT2D eigenvalue weighted by Crippen LogP contribution is -2.27. The van der Waals surface area contributed by atoms with Crippen molar-refractivity contribution in [3.63, 3.8) is 0 Å². The smallest absolute Gasteiger partial charge is 0.251 e. The second kappa shape index (κ2) is 7.43. The number of nitrogens with zero attached hydrogens (tertiary/aromatic N) is 3. The number of nitrogens with one attached hydrogen (secondary N) is 1. The number of methoxy groups -OCH3 is 2. The summed E-state index contributed by atoms with van der Waals surface area (Å²) >= 11 is 0.